The summed E-state index contributed by atoms with van der Waals surface area (Å²) in [7, 11) is 0. The van der Waals surface area contributed by atoms with Crippen LogP contribution in [0.1, 0.15) is 5.56 Å². The fourth-order valence-corrected chi connectivity index (χ4v) is 1.93. The fraction of sp³-hybridized carbons (Fsp3) is 0.400. The molecule has 0 aliphatic carbocycles. The van der Waals surface area contributed by atoms with Gasteiger partial charge in [-0.3, -0.25) is 0 Å². The molecule has 12 heavy (non-hydrogen) atoms. The van der Waals surface area contributed by atoms with Crippen molar-refractivity contribution in [3.05, 3.63) is 29.8 Å². The first-order chi connectivity index (χ1) is 5.90. The molecule has 0 bridgehead atoms. The van der Waals surface area contributed by atoms with Crippen molar-refractivity contribution in [2.24, 2.45) is 0 Å². The molecule has 0 radical (unpaired) electrons. The van der Waals surface area contributed by atoms with Gasteiger partial charge in [0.05, 0.1) is 12.7 Å². The van der Waals surface area contributed by atoms with Crippen molar-refractivity contribution in [2.45, 2.75) is 17.4 Å². The molecule has 1 unspecified atom stereocenters. The van der Waals surface area contributed by atoms with Gasteiger partial charge in [0.2, 0.25) is 0 Å². The number of ether oxygens (including phenoxy) is 1. The fourth-order valence-electron chi connectivity index (χ4n) is 1.30. The molecule has 1 heterocycles. The van der Waals surface area contributed by atoms with Crippen LogP contribution in [0.5, 0.6) is 0 Å². The quantitative estimate of drug-likeness (QED) is 0.523. The molecular weight excluding hydrogens is 168 g/mol. The van der Waals surface area contributed by atoms with E-state index in [1.54, 1.807) is 0 Å². The Bertz CT molecular complexity index is 268. The van der Waals surface area contributed by atoms with E-state index in [9.17, 15) is 0 Å². The van der Waals surface area contributed by atoms with Crippen molar-refractivity contribution in [2.75, 3.05) is 12.9 Å². The van der Waals surface area contributed by atoms with Crippen molar-refractivity contribution < 1.29 is 4.74 Å². The zero-order valence-electron chi connectivity index (χ0n) is 7.12. The summed E-state index contributed by atoms with van der Waals surface area (Å²) in [6.45, 7) is 0.947. The van der Waals surface area contributed by atoms with Crippen LogP contribution in [0, 0.1) is 0 Å². The lowest BCUT2D eigenvalue weighted by molar-refractivity contribution is 0.407. The van der Waals surface area contributed by atoms with Crippen LogP contribution in [0.3, 0.4) is 0 Å². The third-order valence-electron chi connectivity index (χ3n) is 2.04. The second-order valence-electron chi connectivity index (χ2n) is 2.97. The molecule has 64 valence electrons. The molecule has 1 fully saturated rings. The minimum Gasteiger partial charge on any atom is -0.373 e. The van der Waals surface area contributed by atoms with E-state index < -0.39 is 0 Å². The van der Waals surface area contributed by atoms with E-state index in [0.29, 0.717) is 6.10 Å². The lowest BCUT2D eigenvalue weighted by Gasteiger charge is -2.03. The first kappa shape index (κ1) is 8.14. The molecule has 1 aliphatic rings. The van der Waals surface area contributed by atoms with Gasteiger partial charge in [-0.15, -0.1) is 11.8 Å². The lowest BCUT2D eigenvalue weighted by atomic mass is 10.1. The van der Waals surface area contributed by atoms with Crippen molar-refractivity contribution in [3.8, 4) is 0 Å². The maximum Gasteiger partial charge on any atom is 0.0850 e. The van der Waals surface area contributed by atoms with Gasteiger partial charge in [-0.1, -0.05) is 18.2 Å². The van der Waals surface area contributed by atoms with Crippen LogP contribution < -0.4 is 0 Å². The Hall–Kier alpha value is -0.470. The van der Waals surface area contributed by atoms with Gasteiger partial charge in [0.25, 0.3) is 0 Å². The summed E-state index contributed by atoms with van der Waals surface area (Å²) in [6, 6.07) is 8.54. The minimum atomic E-state index is 0.498. The molecule has 1 aromatic rings. The Labute approximate surface area is 77.1 Å². The van der Waals surface area contributed by atoms with Crippen molar-refractivity contribution in [1.82, 2.24) is 0 Å². The predicted molar refractivity (Wildman–Crippen MR) is 51.7 cm³/mol. The zero-order chi connectivity index (χ0) is 8.39. The number of rotatable bonds is 3. The normalized spacial score (nSPS) is 20.9. The Morgan fingerprint density at radius 1 is 1.50 bits per heavy atom. The van der Waals surface area contributed by atoms with E-state index in [1.807, 2.05) is 11.8 Å². The van der Waals surface area contributed by atoms with Crippen LogP contribution in [-0.4, -0.2) is 19.0 Å². The molecule has 0 amide bonds. The van der Waals surface area contributed by atoms with Gasteiger partial charge in [-0.2, -0.15) is 0 Å². The van der Waals surface area contributed by atoms with E-state index in [0.717, 1.165) is 13.0 Å². The molecule has 0 aromatic heterocycles. The maximum absolute atomic E-state index is 5.20. The molecule has 1 aromatic carbocycles. The highest BCUT2D eigenvalue weighted by atomic mass is 32.2. The van der Waals surface area contributed by atoms with Crippen LogP contribution in [0.15, 0.2) is 29.2 Å². The molecule has 1 atom stereocenters. The van der Waals surface area contributed by atoms with Crippen molar-refractivity contribution in [1.29, 1.82) is 0 Å². The van der Waals surface area contributed by atoms with Gasteiger partial charge in [0, 0.05) is 11.3 Å². The summed E-state index contributed by atoms with van der Waals surface area (Å²) in [5.74, 6) is 0. The number of epoxide rings is 1. The largest absolute Gasteiger partial charge is 0.373 e. The van der Waals surface area contributed by atoms with Gasteiger partial charge in [0.1, 0.15) is 0 Å². The highest BCUT2D eigenvalue weighted by molar-refractivity contribution is 7.98. The highest BCUT2D eigenvalue weighted by Gasteiger charge is 2.23. The minimum absolute atomic E-state index is 0.498. The Balaban J connectivity index is 2.15. The standard InChI is InChI=1S/C10H12OS/c1-12-10-5-3-2-4-8(10)6-9-7-11-9/h2-5,9H,6-7H2,1H3. The van der Waals surface area contributed by atoms with Gasteiger partial charge in [-0.05, 0) is 17.9 Å². The van der Waals surface area contributed by atoms with E-state index in [1.165, 1.54) is 10.5 Å². The van der Waals surface area contributed by atoms with Gasteiger partial charge in [-0.25, -0.2) is 0 Å². The lowest BCUT2D eigenvalue weighted by Crippen LogP contribution is -1.94. The van der Waals surface area contributed by atoms with Crippen LogP contribution in [-0.2, 0) is 11.2 Å². The van der Waals surface area contributed by atoms with Crippen LogP contribution in [0.25, 0.3) is 0 Å². The maximum atomic E-state index is 5.20. The number of benzene rings is 1. The molecule has 1 aliphatic heterocycles. The summed E-state index contributed by atoms with van der Waals surface area (Å²) in [5, 5.41) is 0. The molecule has 2 heteroatoms. The van der Waals surface area contributed by atoms with Crippen molar-refractivity contribution >= 4 is 11.8 Å². The molecule has 2 rings (SSSR count). The number of hydrogen-bond donors (Lipinski definition) is 0. The zero-order valence-corrected chi connectivity index (χ0v) is 7.93. The van der Waals surface area contributed by atoms with E-state index in [2.05, 4.69) is 30.5 Å². The average molecular weight is 180 g/mol. The first-order valence-electron chi connectivity index (χ1n) is 4.13. The molecule has 0 saturated carbocycles. The summed E-state index contributed by atoms with van der Waals surface area (Å²) in [5.41, 5.74) is 1.42. The summed E-state index contributed by atoms with van der Waals surface area (Å²) in [4.78, 5) is 1.38. The Morgan fingerprint density at radius 3 is 2.92 bits per heavy atom. The summed E-state index contributed by atoms with van der Waals surface area (Å²) >= 11 is 1.81. The average Bonchev–Trinajstić information content (AvgIpc) is 2.89. The van der Waals surface area contributed by atoms with Crippen LogP contribution in [0.4, 0.5) is 0 Å². The first-order valence-corrected chi connectivity index (χ1v) is 5.36. The second kappa shape index (κ2) is 3.50. The van der Waals surface area contributed by atoms with Gasteiger partial charge < -0.3 is 4.74 Å². The highest BCUT2D eigenvalue weighted by Crippen LogP contribution is 2.24. The smallest absolute Gasteiger partial charge is 0.0850 e. The SMILES string of the molecule is CSc1ccccc1CC1CO1. The van der Waals surface area contributed by atoms with Gasteiger partial charge >= 0.3 is 0 Å². The number of hydrogen-bond acceptors (Lipinski definition) is 2. The number of thioether (sulfide) groups is 1. The Morgan fingerprint density at radius 2 is 2.25 bits per heavy atom. The second-order valence-corrected chi connectivity index (χ2v) is 3.82. The third-order valence-corrected chi connectivity index (χ3v) is 2.88. The van der Waals surface area contributed by atoms with E-state index in [-0.39, 0.29) is 0 Å². The third kappa shape index (κ3) is 1.82. The molecule has 1 nitrogen and oxygen atoms in total. The molecule has 1 saturated heterocycles. The molecular formula is C10H12OS. The molecule has 0 spiro atoms. The Kier molecular flexibility index (Phi) is 2.38. The van der Waals surface area contributed by atoms with E-state index >= 15 is 0 Å². The monoisotopic (exact) mass is 180 g/mol. The van der Waals surface area contributed by atoms with Crippen LogP contribution >= 0.6 is 11.8 Å². The van der Waals surface area contributed by atoms with Gasteiger partial charge in [0.15, 0.2) is 0 Å². The summed E-state index contributed by atoms with van der Waals surface area (Å²) in [6.07, 6.45) is 3.70. The predicted octanol–water partition coefficient (Wildman–Crippen LogP) is 2.35. The van der Waals surface area contributed by atoms with Crippen molar-refractivity contribution in [3.63, 3.8) is 0 Å². The topological polar surface area (TPSA) is 12.5 Å². The van der Waals surface area contributed by atoms with Crippen LogP contribution in [0.2, 0.25) is 0 Å². The summed E-state index contributed by atoms with van der Waals surface area (Å²) < 4.78 is 5.20. The molecule has 0 N–H and O–H groups in total. The van der Waals surface area contributed by atoms with E-state index in [4.69, 9.17) is 4.74 Å².